The van der Waals surface area contributed by atoms with Gasteiger partial charge in [0.1, 0.15) is 5.75 Å². The molecule has 1 fully saturated rings. The number of sulfonamides is 1. The summed E-state index contributed by atoms with van der Waals surface area (Å²) in [4.78, 5) is 0.304. The van der Waals surface area contributed by atoms with Crippen LogP contribution >= 0.6 is 0 Å². The topological polar surface area (TPSA) is 55.4 Å². The first-order valence-electron chi connectivity index (χ1n) is 7.28. The minimum absolute atomic E-state index is 0.0559. The Hall–Kier alpha value is -1.07. The highest BCUT2D eigenvalue weighted by atomic mass is 32.2. The fourth-order valence-electron chi connectivity index (χ4n) is 2.64. The lowest BCUT2D eigenvalue weighted by Crippen LogP contribution is -2.40. The molecule has 0 aromatic heterocycles. The lowest BCUT2D eigenvalue weighted by atomic mass is 9.87. The third-order valence-corrected chi connectivity index (χ3v) is 5.37. The molecule has 1 aromatic carbocycles. The first-order valence-corrected chi connectivity index (χ1v) is 8.76. The smallest absolute Gasteiger partial charge is 0.240 e. The Morgan fingerprint density at radius 2 is 1.85 bits per heavy atom. The molecule has 112 valence electrons. The van der Waals surface area contributed by atoms with Crippen LogP contribution in [0.5, 0.6) is 5.75 Å². The second-order valence-corrected chi connectivity index (χ2v) is 7.11. The number of ether oxygens (including phenoxy) is 1. The van der Waals surface area contributed by atoms with E-state index in [1.165, 1.54) is 6.42 Å². The summed E-state index contributed by atoms with van der Waals surface area (Å²) in [5.74, 6) is 1.10. The van der Waals surface area contributed by atoms with E-state index in [9.17, 15) is 8.42 Å². The average Bonchev–Trinajstić information content (AvgIpc) is 2.42. The number of benzene rings is 1. The molecule has 0 radical (unpaired) electrons. The van der Waals surface area contributed by atoms with E-state index >= 15 is 0 Å². The Kier molecular flexibility index (Phi) is 5.05. The minimum atomic E-state index is -3.43. The van der Waals surface area contributed by atoms with Crippen LogP contribution in [-0.4, -0.2) is 21.1 Å². The van der Waals surface area contributed by atoms with Crippen molar-refractivity contribution in [1.82, 2.24) is 4.72 Å². The summed E-state index contributed by atoms with van der Waals surface area (Å²) in [7, 11) is -3.43. The van der Waals surface area contributed by atoms with Gasteiger partial charge in [0.25, 0.3) is 0 Å². The van der Waals surface area contributed by atoms with Crippen molar-refractivity contribution in [2.45, 2.75) is 50.5 Å². The molecule has 1 aromatic rings. The summed E-state index contributed by atoms with van der Waals surface area (Å²) < 4.78 is 32.9. The summed E-state index contributed by atoms with van der Waals surface area (Å²) in [5.41, 5.74) is 0. The van der Waals surface area contributed by atoms with Crippen LogP contribution in [0, 0.1) is 5.92 Å². The Morgan fingerprint density at radius 1 is 1.20 bits per heavy atom. The SMILES string of the molecule is CCOc1ccc(S(=O)(=O)N[C@H]2CCCC[C@H]2C)cc1. The Bertz CT molecular complexity index is 525. The summed E-state index contributed by atoms with van der Waals surface area (Å²) >= 11 is 0. The molecule has 1 aliphatic carbocycles. The van der Waals surface area contributed by atoms with Gasteiger partial charge in [-0.2, -0.15) is 0 Å². The third-order valence-electron chi connectivity index (χ3n) is 3.86. The van der Waals surface area contributed by atoms with Crippen molar-refractivity contribution < 1.29 is 13.2 Å². The molecule has 0 aliphatic heterocycles. The highest BCUT2D eigenvalue weighted by Gasteiger charge is 2.26. The van der Waals surface area contributed by atoms with Crippen molar-refractivity contribution in [2.75, 3.05) is 6.61 Å². The number of hydrogen-bond acceptors (Lipinski definition) is 3. The fourth-order valence-corrected chi connectivity index (χ4v) is 4.02. The van der Waals surface area contributed by atoms with Crippen LogP contribution in [0.3, 0.4) is 0 Å². The van der Waals surface area contributed by atoms with Gasteiger partial charge in [-0.25, -0.2) is 13.1 Å². The van der Waals surface area contributed by atoms with Crippen LogP contribution in [-0.2, 0) is 10.0 Å². The molecule has 0 heterocycles. The largest absolute Gasteiger partial charge is 0.494 e. The minimum Gasteiger partial charge on any atom is -0.494 e. The first-order chi connectivity index (χ1) is 9.53. The maximum Gasteiger partial charge on any atom is 0.240 e. The summed E-state index contributed by atoms with van der Waals surface area (Å²) in [6.45, 7) is 4.59. The van der Waals surface area contributed by atoms with Crippen molar-refractivity contribution in [3.05, 3.63) is 24.3 Å². The molecule has 1 saturated carbocycles. The Morgan fingerprint density at radius 3 is 2.45 bits per heavy atom. The molecular weight excluding hydrogens is 274 g/mol. The summed E-state index contributed by atoms with van der Waals surface area (Å²) in [6, 6.07) is 6.65. The van der Waals surface area contributed by atoms with E-state index < -0.39 is 10.0 Å². The monoisotopic (exact) mass is 297 g/mol. The van der Waals surface area contributed by atoms with Crippen LogP contribution in [0.15, 0.2) is 29.2 Å². The van der Waals surface area contributed by atoms with E-state index in [-0.39, 0.29) is 6.04 Å². The normalized spacial score (nSPS) is 23.5. The molecule has 0 amide bonds. The number of hydrogen-bond donors (Lipinski definition) is 1. The van der Waals surface area contributed by atoms with Crippen LogP contribution in [0.25, 0.3) is 0 Å². The van der Waals surface area contributed by atoms with E-state index in [4.69, 9.17) is 4.74 Å². The molecule has 2 atom stereocenters. The van der Waals surface area contributed by atoms with E-state index in [0.717, 1.165) is 19.3 Å². The quantitative estimate of drug-likeness (QED) is 0.909. The molecule has 0 unspecified atom stereocenters. The van der Waals surface area contributed by atoms with Gasteiger partial charge in [0.15, 0.2) is 0 Å². The van der Waals surface area contributed by atoms with Gasteiger partial charge in [-0.3, -0.25) is 0 Å². The second kappa shape index (κ2) is 6.59. The third kappa shape index (κ3) is 3.73. The van der Waals surface area contributed by atoms with Crippen LogP contribution in [0.4, 0.5) is 0 Å². The van der Waals surface area contributed by atoms with Crippen molar-refractivity contribution in [3.8, 4) is 5.75 Å². The van der Waals surface area contributed by atoms with Crippen LogP contribution < -0.4 is 9.46 Å². The number of rotatable bonds is 5. The van der Waals surface area contributed by atoms with Gasteiger partial charge in [0.2, 0.25) is 10.0 Å². The predicted molar refractivity (Wildman–Crippen MR) is 79.4 cm³/mol. The maximum atomic E-state index is 12.4. The fraction of sp³-hybridized carbons (Fsp3) is 0.600. The standard InChI is InChI=1S/C15H23NO3S/c1-3-19-13-8-10-14(11-9-13)20(17,18)16-15-7-5-4-6-12(15)2/h8-12,15-16H,3-7H2,1-2H3/t12-,15+/m1/s1. The molecule has 2 rings (SSSR count). The van der Waals surface area contributed by atoms with Crippen LogP contribution in [0.1, 0.15) is 39.5 Å². The Labute approximate surface area is 121 Å². The highest BCUT2D eigenvalue weighted by Crippen LogP contribution is 2.25. The molecular formula is C15H23NO3S. The lowest BCUT2D eigenvalue weighted by Gasteiger charge is -2.29. The zero-order chi connectivity index (χ0) is 14.6. The van der Waals surface area contributed by atoms with Crippen molar-refractivity contribution in [1.29, 1.82) is 0 Å². The van der Waals surface area contributed by atoms with Gasteiger partial charge >= 0.3 is 0 Å². The first kappa shape index (κ1) is 15.3. The van der Waals surface area contributed by atoms with E-state index in [0.29, 0.717) is 23.2 Å². The maximum absolute atomic E-state index is 12.4. The van der Waals surface area contributed by atoms with Gasteiger partial charge in [0, 0.05) is 6.04 Å². The van der Waals surface area contributed by atoms with Gasteiger partial charge in [-0.1, -0.05) is 19.8 Å². The molecule has 20 heavy (non-hydrogen) atoms. The van der Waals surface area contributed by atoms with Gasteiger partial charge in [-0.15, -0.1) is 0 Å². The van der Waals surface area contributed by atoms with Crippen molar-refractivity contribution in [2.24, 2.45) is 5.92 Å². The second-order valence-electron chi connectivity index (χ2n) is 5.39. The van der Waals surface area contributed by atoms with Crippen molar-refractivity contribution in [3.63, 3.8) is 0 Å². The summed E-state index contributed by atoms with van der Waals surface area (Å²) in [6.07, 6.45) is 4.32. The number of nitrogens with one attached hydrogen (secondary N) is 1. The Balaban J connectivity index is 2.09. The molecule has 5 heteroatoms. The molecule has 0 saturated heterocycles. The predicted octanol–water partition coefficient (Wildman–Crippen LogP) is 2.94. The van der Waals surface area contributed by atoms with Crippen molar-refractivity contribution >= 4 is 10.0 Å². The van der Waals surface area contributed by atoms with E-state index in [1.54, 1.807) is 24.3 Å². The van der Waals surface area contributed by atoms with Gasteiger partial charge < -0.3 is 4.74 Å². The zero-order valence-electron chi connectivity index (χ0n) is 12.1. The summed E-state index contributed by atoms with van der Waals surface area (Å²) in [5, 5.41) is 0. The lowest BCUT2D eigenvalue weighted by molar-refractivity contribution is 0.310. The highest BCUT2D eigenvalue weighted by molar-refractivity contribution is 7.89. The molecule has 4 nitrogen and oxygen atoms in total. The van der Waals surface area contributed by atoms with E-state index in [1.807, 2.05) is 6.92 Å². The average molecular weight is 297 g/mol. The van der Waals surface area contributed by atoms with E-state index in [2.05, 4.69) is 11.6 Å². The van der Waals surface area contributed by atoms with Crippen LogP contribution in [0.2, 0.25) is 0 Å². The molecule has 0 spiro atoms. The molecule has 1 aliphatic rings. The van der Waals surface area contributed by atoms with Gasteiger partial charge in [-0.05, 0) is 49.9 Å². The van der Waals surface area contributed by atoms with Gasteiger partial charge in [0.05, 0.1) is 11.5 Å². The molecule has 1 N–H and O–H groups in total. The zero-order valence-corrected chi connectivity index (χ0v) is 12.9. The molecule has 0 bridgehead atoms.